The van der Waals surface area contributed by atoms with E-state index >= 15 is 0 Å². The molecule has 2 aromatic rings. The van der Waals surface area contributed by atoms with Crippen molar-refractivity contribution in [3.05, 3.63) is 86.1 Å². The van der Waals surface area contributed by atoms with E-state index in [-0.39, 0.29) is 51.0 Å². The van der Waals surface area contributed by atoms with Crippen LogP contribution in [-0.2, 0) is 26.2 Å². The van der Waals surface area contributed by atoms with E-state index in [0.29, 0.717) is 0 Å². The van der Waals surface area contributed by atoms with E-state index in [0.717, 1.165) is 18.3 Å². The maximum absolute atomic E-state index is 3.87. The van der Waals surface area contributed by atoms with E-state index in [1.54, 1.807) is 10.8 Å². The van der Waals surface area contributed by atoms with Crippen molar-refractivity contribution in [1.82, 2.24) is 0 Å². The number of fused-ring (bicyclic) bond motifs is 2. The molecular formula is C32H35Cl2Zr. The minimum absolute atomic E-state index is 0. The first-order valence-corrected chi connectivity index (χ1v) is 13.1. The Labute approximate surface area is 242 Å². The molecule has 1 radical (unpaired) electrons. The zero-order chi connectivity index (χ0) is 21.5. The van der Waals surface area contributed by atoms with Gasteiger partial charge in [0, 0.05) is 0 Å². The molecule has 3 heteroatoms. The second-order valence-corrected chi connectivity index (χ2v) is 10.5. The summed E-state index contributed by atoms with van der Waals surface area (Å²) >= 11 is 0. The predicted molar refractivity (Wildman–Crippen MR) is 135 cm³/mol. The second-order valence-electron chi connectivity index (χ2n) is 10.5. The van der Waals surface area contributed by atoms with Gasteiger partial charge in [0.05, 0.1) is 0 Å². The third-order valence-electron chi connectivity index (χ3n) is 8.55. The summed E-state index contributed by atoms with van der Waals surface area (Å²) in [5, 5.41) is 5.59. The minimum atomic E-state index is 0. The van der Waals surface area contributed by atoms with Crippen LogP contribution < -0.4 is 35.3 Å². The first-order chi connectivity index (χ1) is 15.8. The fourth-order valence-corrected chi connectivity index (χ4v) is 6.99. The summed E-state index contributed by atoms with van der Waals surface area (Å²) in [5.41, 5.74) is 7.70. The summed E-state index contributed by atoms with van der Waals surface area (Å²) in [4.78, 5) is 0. The largest absolute Gasteiger partial charge is 3.00 e. The maximum atomic E-state index is 3.87. The van der Waals surface area contributed by atoms with Gasteiger partial charge in [-0.2, -0.15) is 0 Å². The summed E-state index contributed by atoms with van der Waals surface area (Å²) in [6.07, 6.45) is 23.7. The van der Waals surface area contributed by atoms with Crippen LogP contribution in [0.4, 0.5) is 0 Å². The Morgan fingerprint density at radius 3 is 2.00 bits per heavy atom. The van der Waals surface area contributed by atoms with Gasteiger partial charge in [-0.25, -0.2) is 0 Å². The number of hydrogen-bond acceptors (Lipinski definition) is 0. The van der Waals surface area contributed by atoms with Crippen molar-refractivity contribution in [1.29, 1.82) is 0 Å². The molecule has 2 fully saturated rings. The molecule has 0 bridgehead atoms. The van der Waals surface area contributed by atoms with Crippen LogP contribution in [0.25, 0.3) is 17.2 Å². The summed E-state index contributed by atoms with van der Waals surface area (Å²) in [7, 11) is 0. The van der Waals surface area contributed by atoms with Crippen LogP contribution >= 0.6 is 0 Å². The molecule has 0 spiro atoms. The molecule has 0 amide bonds. The van der Waals surface area contributed by atoms with Crippen LogP contribution in [0.5, 0.6) is 0 Å². The molecule has 0 saturated heterocycles. The Morgan fingerprint density at radius 1 is 0.771 bits per heavy atom. The Kier molecular flexibility index (Phi) is 10.3. The molecule has 0 heterocycles. The number of halogens is 2. The van der Waals surface area contributed by atoms with Crippen LogP contribution in [0.1, 0.15) is 88.7 Å². The average Bonchev–Trinajstić information content (AvgIpc) is 3.44. The fourth-order valence-electron chi connectivity index (χ4n) is 6.99. The van der Waals surface area contributed by atoms with Gasteiger partial charge in [-0.15, -0.1) is 33.4 Å². The molecule has 0 aliphatic heterocycles. The fraction of sp³-hybridized carbons (Fsp3) is 0.438. The molecular weight excluding hydrogens is 546 g/mol. The molecule has 0 nitrogen and oxygen atoms in total. The predicted octanol–water partition coefficient (Wildman–Crippen LogP) is 1.04. The van der Waals surface area contributed by atoms with Crippen LogP contribution in [0.2, 0.25) is 0 Å². The van der Waals surface area contributed by atoms with Gasteiger partial charge < -0.3 is 24.8 Å². The van der Waals surface area contributed by atoms with Gasteiger partial charge in [-0.3, -0.25) is 0 Å². The number of rotatable bonds is 3. The van der Waals surface area contributed by atoms with E-state index in [2.05, 4.69) is 61.5 Å². The molecule has 2 aromatic carbocycles. The molecule has 4 aliphatic carbocycles. The van der Waals surface area contributed by atoms with E-state index in [1.165, 1.54) is 96.6 Å². The van der Waals surface area contributed by atoms with Crippen molar-refractivity contribution < 1.29 is 51.0 Å². The molecule has 0 unspecified atom stereocenters. The quantitative estimate of drug-likeness (QED) is 0.406. The maximum Gasteiger partial charge on any atom is 3.00 e. The molecule has 2 saturated carbocycles. The molecule has 0 N–H and O–H groups in total. The van der Waals surface area contributed by atoms with E-state index in [4.69, 9.17) is 0 Å². The van der Waals surface area contributed by atoms with Gasteiger partial charge in [-0.05, 0) is 50.9 Å². The van der Waals surface area contributed by atoms with E-state index in [9.17, 15) is 0 Å². The first-order valence-electron chi connectivity index (χ1n) is 13.1. The van der Waals surface area contributed by atoms with Crippen LogP contribution in [0, 0.1) is 22.3 Å². The first kappa shape index (κ1) is 28.7. The topological polar surface area (TPSA) is 0 Å². The zero-order valence-electron chi connectivity index (χ0n) is 20.8. The van der Waals surface area contributed by atoms with Crippen molar-refractivity contribution in [3.8, 4) is 0 Å². The summed E-state index contributed by atoms with van der Waals surface area (Å²) in [5.74, 6) is 1.56. The molecule has 4 aliphatic rings. The molecule has 181 valence electrons. The number of hydrogen-bond donors (Lipinski definition) is 0. The van der Waals surface area contributed by atoms with Gasteiger partial charge in [0.2, 0.25) is 0 Å². The third kappa shape index (κ3) is 5.39. The smallest absolute Gasteiger partial charge is 1.00 e. The van der Waals surface area contributed by atoms with Crippen molar-refractivity contribution in [3.63, 3.8) is 0 Å². The molecule has 35 heavy (non-hydrogen) atoms. The number of benzene rings is 2. The van der Waals surface area contributed by atoms with Crippen molar-refractivity contribution in [2.24, 2.45) is 11.8 Å². The Balaban J connectivity index is 0.00000114. The minimum Gasteiger partial charge on any atom is -1.00 e. The standard InChI is InChI=1S/C32H35.2ClH.Zr/c1-22-11-10-18-26(22)32-29(20-19-28-27-17-9-8-16-25(27)21-30(28)32)31(23-12-4-2-5-13-23)24-14-6-3-7-15-24;;;/h8-11,16-17,19-20,23-24H,2-7,12-15,18H2,1H3;2*1H;/q-1;;;+3/p-2. The van der Waals surface area contributed by atoms with Gasteiger partial charge >= 0.3 is 26.2 Å². The normalized spacial score (nSPS) is 19.1. The van der Waals surface area contributed by atoms with Crippen LogP contribution in [0.15, 0.2) is 54.1 Å². The van der Waals surface area contributed by atoms with Crippen molar-refractivity contribution >= 4 is 17.2 Å². The Morgan fingerprint density at radius 2 is 1.40 bits per heavy atom. The summed E-state index contributed by atoms with van der Waals surface area (Å²) < 4.78 is 0. The average molecular weight is 582 g/mol. The molecule has 6 rings (SSSR count). The van der Waals surface area contributed by atoms with Crippen LogP contribution in [0.3, 0.4) is 0 Å². The Bertz CT molecular complexity index is 1300. The van der Waals surface area contributed by atoms with Gasteiger partial charge in [0.25, 0.3) is 0 Å². The van der Waals surface area contributed by atoms with E-state index in [1.807, 2.05) is 5.57 Å². The van der Waals surface area contributed by atoms with Gasteiger partial charge in [0.1, 0.15) is 0 Å². The van der Waals surface area contributed by atoms with Crippen molar-refractivity contribution in [2.75, 3.05) is 0 Å². The summed E-state index contributed by atoms with van der Waals surface area (Å²) in [6.45, 7) is 2.31. The van der Waals surface area contributed by atoms with Crippen molar-refractivity contribution in [2.45, 2.75) is 77.6 Å². The SMILES string of the molecule is CC1=C(c2c3c(ccc2=C(C2CCCCC2)C2CCCCC2)=c2ccccc2=[C-]3)CC=C1.[Cl-].[Cl-].[Zr+3]. The van der Waals surface area contributed by atoms with Crippen LogP contribution in [-0.4, -0.2) is 0 Å². The monoisotopic (exact) mass is 579 g/mol. The molecule has 0 atom stereocenters. The Hall–Kier alpha value is -0.877. The summed E-state index contributed by atoms with van der Waals surface area (Å²) in [6, 6.07) is 13.8. The van der Waals surface area contributed by atoms with E-state index < -0.39 is 0 Å². The van der Waals surface area contributed by atoms with Gasteiger partial charge in [0.15, 0.2) is 0 Å². The second kappa shape index (κ2) is 12.6. The third-order valence-corrected chi connectivity index (χ3v) is 8.55. The number of allylic oxidation sites excluding steroid dienone is 4. The molecule has 0 aromatic heterocycles. The van der Waals surface area contributed by atoms with Gasteiger partial charge in [-0.1, -0.05) is 109 Å². The zero-order valence-corrected chi connectivity index (χ0v) is 24.8.